The van der Waals surface area contributed by atoms with E-state index in [9.17, 15) is 9.50 Å². The van der Waals surface area contributed by atoms with Gasteiger partial charge >= 0.3 is 0 Å². The molecule has 0 bridgehead atoms. The Balaban J connectivity index is 2.07. The van der Waals surface area contributed by atoms with Gasteiger partial charge in [0.25, 0.3) is 0 Å². The van der Waals surface area contributed by atoms with E-state index in [4.69, 9.17) is 0 Å². The molecule has 2 aromatic carbocycles. The molecule has 0 amide bonds. The van der Waals surface area contributed by atoms with E-state index >= 15 is 0 Å². The Morgan fingerprint density at radius 3 is 2.68 bits per heavy atom. The number of fused-ring (bicyclic) bond motifs is 1. The number of hydrogen-bond acceptors (Lipinski definition) is 2. The highest BCUT2D eigenvalue weighted by Gasteiger charge is 2.17. The number of rotatable bonds is 2. The summed E-state index contributed by atoms with van der Waals surface area (Å²) in [6.45, 7) is 0. The van der Waals surface area contributed by atoms with Crippen LogP contribution >= 0.6 is 27.3 Å². The Morgan fingerprint density at radius 1 is 1.11 bits per heavy atom. The Morgan fingerprint density at radius 2 is 1.89 bits per heavy atom. The van der Waals surface area contributed by atoms with Crippen molar-refractivity contribution in [1.82, 2.24) is 0 Å². The first kappa shape index (κ1) is 12.8. The van der Waals surface area contributed by atoms with Gasteiger partial charge in [-0.2, -0.15) is 0 Å². The van der Waals surface area contributed by atoms with Crippen molar-refractivity contribution in [3.8, 4) is 0 Å². The van der Waals surface area contributed by atoms with E-state index in [0.717, 1.165) is 19.4 Å². The Labute approximate surface area is 122 Å². The van der Waals surface area contributed by atoms with Crippen LogP contribution in [0, 0.1) is 5.82 Å². The van der Waals surface area contributed by atoms with Crippen LogP contribution < -0.4 is 0 Å². The lowest BCUT2D eigenvalue weighted by atomic mass is 10.1. The molecule has 0 aliphatic rings. The molecule has 0 fully saturated rings. The van der Waals surface area contributed by atoms with Gasteiger partial charge in [0, 0.05) is 19.6 Å². The summed E-state index contributed by atoms with van der Waals surface area (Å²) in [6.07, 6.45) is -0.935. The summed E-state index contributed by atoms with van der Waals surface area (Å²) in [5.41, 5.74) is 0.293. The Hall–Kier alpha value is -1.23. The van der Waals surface area contributed by atoms with Crippen molar-refractivity contribution < 1.29 is 9.50 Å². The zero-order valence-electron chi connectivity index (χ0n) is 9.81. The lowest BCUT2D eigenvalue weighted by molar-refractivity contribution is 0.219. The summed E-state index contributed by atoms with van der Waals surface area (Å²) in [4.78, 5) is 0.748. The van der Waals surface area contributed by atoms with Crippen molar-refractivity contribution in [3.05, 3.63) is 69.3 Å². The molecule has 0 aliphatic carbocycles. The van der Waals surface area contributed by atoms with Gasteiger partial charge in [-0.25, -0.2) is 4.39 Å². The maximum atomic E-state index is 13.8. The quantitative estimate of drug-likeness (QED) is 0.706. The topological polar surface area (TPSA) is 20.2 Å². The van der Waals surface area contributed by atoms with Crippen LogP contribution in [0.3, 0.4) is 0 Å². The molecule has 0 radical (unpaired) electrons. The number of hydrogen-bond donors (Lipinski definition) is 1. The normalized spacial score (nSPS) is 12.8. The SMILES string of the molecule is O[C@@H](c1cc2ccccc2s1)c1cc(Br)ccc1F. The molecule has 0 saturated carbocycles. The van der Waals surface area contributed by atoms with Crippen LogP contribution in [0.1, 0.15) is 16.5 Å². The predicted molar refractivity (Wildman–Crippen MR) is 80.0 cm³/mol. The van der Waals surface area contributed by atoms with Gasteiger partial charge in [-0.15, -0.1) is 11.3 Å². The average Bonchev–Trinajstić information content (AvgIpc) is 2.84. The van der Waals surface area contributed by atoms with Gasteiger partial charge in [0.2, 0.25) is 0 Å². The molecule has 96 valence electrons. The number of thiophene rings is 1. The molecule has 0 unspecified atom stereocenters. The van der Waals surface area contributed by atoms with Crippen LogP contribution in [0.15, 0.2) is 53.0 Å². The smallest absolute Gasteiger partial charge is 0.129 e. The zero-order valence-corrected chi connectivity index (χ0v) is 12.2. The van der Waals surface area contributed by atoms with Crippen LogP contribution in [0.4, 0.5) is 4.39 Å². The van der Waals surface area contributed by atoms with Gasteiger partial charge in [0.15, 0.2) is 0 Å². The van der Waals surface area contributed by atoms with Gasteiger partial charge in [0.05, 0.1) is 0 Å². The molecule has 1 N–H and O–H groups in total. The third-order valence-corrected chi connectivity index (χ3v) is 4.63. The van der Waals surface area contributed by atoms with Gasteiger partial charge < -0.3 is 5.11 Å². The van der Waals surface area contributed by atoms with E-state index in [1.54, 1.807) is 12.1 Å². The molecule has 1 aromatic heterocycles. The van der Waals surface area contributed by atoms with Crippen LogP contribution in [0.5, 0.6) is 0 Å². The number of halogens is 2. The molecule has 1 nitrogen and oxygen atoms in total. The molecule has 3 rings (SSSR count). The predicted octanol–water partition coefficient (Wildman–Crippen LogP) is 4.88. The fourth-order valence-corrected chi connectivity index (χ4v) is 3.46. The van der Waals surface area contributed by atoms with Gasteiger partial charge in [-0.1, -0.05) is 34.1 Å². The summed E-state index contributed by atoms with van der Waals surface area (Å²) in [7, 11) is 0. The van der Waals surface area contributed by atoms with Crippen LogP contribution in [0.2, 0.25) is 0 Å². The second-order valence-electron chi connectivity index (χ2n) is 4.25. The summed E-state index contributed by atoms with van der Waals surface area (Å²) in [6, 6.07) is 14.4. The first-order chi connectivity index (χ1) is 9.15. The van der Waals surface area contributed by atoms with Crippen molar-refractivity contribution in [3.63, 3.8) is 0 Å². The third-order valence-electron chi connectivity index (χ3n) is 2.97. The highest BCUT2D eigenvalue weighted by atomic mass is 79.9. The summed E-state index contributed by atoms with van der Waals surface area (Å²) in [5.74, 6) is -0.395. The molecule has 0 saturated heterocycles. The highest BCUT2D eigenvalue weighted by molar-refractivity contribution is 9.10. The molecule has 0 spiro atoms. The van der Waals surface area contributed by atoms with Gasteiger partial charge in [-0.05, 0) is 35.7 Å². The Bertz CT molecular complexity index is 705. The number of aliphatic hydroxyl groups excluding tert-OH is 1. The average molecular weight is 337 g/mol. The van der Waals surface area contributed by atoms with E-state index in [0.29, 0.717) is 5.56 Å². The molecule has 1 heterocycles. The molecular formula is C15H10BrFOS. The van der Waals surface area contributed by atoms with Crippen molar-refractivity contribution in [2.45, 2.75) is 6.10 Å². The van der Waals surface area contributed by atoms with Crippen LogP contribution in [-0.2, 0) is 0 Å². The van der Waals surface area contributed by atoms with Crippen molar-refractivity contribution in [1.29, 1.82) is 0 Å². The molecule has 0 aliphatic heterocycles. The van der Waals surface area contributed by atoms with Crippen molar-refractivity contribution in [2.75, 3.05) is 0 Å². The maximum absolute atomic E-state index is 13.8. The van der Waals surface area contributed by atoms with Gasteiger partial charge in [0.1, 0.15) is 11.9 Å². The molecule has 19 heavy (non-hydrogen) atoms. The molecule has 3 aromatic rings. The minimum absolute atomic E-state index is 0.293. The lowest BCUT2D eigenvalue weighted by Crippen LogP contribution is -2.00. The first-order valence-electron chi connectivity index (χ1n) is 5.76. The largest absolute Gasteiger partial charge is 0.383 e. The second-order valence-corrected chi connectivity index (χ2v) is 6.29. The standard InChI is InChI=1S/C15H10BrFOS/c16-10-5-6-12(17)11(8-10)15(18)14-7-9-3-1-2-4-13(9)19-14/h1-8,15,18H/t15-/m1/s1. The molecule has 4 heteroatoms. The highest BCUT2D eigenvalue weighted by Crippen LogP contribution is 2.34. The van der Waals surface area contributed by atoms with Gasteiger partial charge in [-0.3, -0.25) is 0 Å². The fourth-order valence-electron chi connectivity index (χ4n) is 2.01. The second kappa shape index (κ2) is 5.04. The minimum atomic E-state index is -0.935. The van der Waals surface area contributed by atoms with Crippen molar-refractivity contribution in [2.24, 2.45) is 0 Å². The van der Waals surface area contributed by atoms with E-state index < -0.39 is 11.9 Å². The third kappa shape index (κ3) is 2.43. The summed E-state index contributed by atoms with van der Waals surface area (Å²) in [5, 5.41) is 11.4. The molecular weight excluding hydrogens is 327 g/mol. The molecule has 1 atom stereocenters. The van der Waals surface area contributed by atoms with E-state index in [1.165, 1.54) is 17.4 Å². The number of benzene rings is 2. The van der Waals surface area contributed by atoms with E-state index in [1.807, 2.05) is 30.3 Å². The van der Waals surface area contributed by atoms with Crippen LogP contribution in [-0.4, -0.2) is 5.11 Å². The minimum Gasteiger partial charge on any atom is -0.383 e. The first-order valence-corrected chi connectivity index (χ1v) is 7.37. The zero-order chi connectivity index (χ0) is 13.4. The number of aliphatic hydroxyl groups is 1. The van der Waals surface area contributed by atoms with Crippen molar-refractivity contribution >= 4 is 37.4 Å². The summed E-state index contributed by atoms with van der Waals surface area (Å²) >= 11 is 4.78. The van der Waals surface area contributed by atoms with E-state index in [2.05, 4.69) is 15.9 Å². The summed E-state index contributed by atoms with van der Waals surface area (Å²) < 4.78 is 15.6. The maximum Gasteiger partial charge on any atom is 0.129 e. The van der Waals surface area contributed by atoms with E-state index in [-0.39, 0.29) is 0 Å². The lowest BCUT2D eigenvalue weighted by Gasteiger charge is -2.10. The fraction of sp³-hybridized carbons (Fsp3) is 0.0667. The Kier molecular flexibility index (Phi) is 3.39. The van der Waals surface area contributed by atoms with Crippen LogP contribution in [0.25, 0.3) is 10.1 Å². The monoisotopic (exact) mass is 336 g/mol.